The molecule has 0 aliphatic carbocycles. The standard InChI is InChI=1S/C13H22N2O4/c1-5-15(6-9(2)3)12(18)14-10-7-19-8-13(10,4)11(16)17/h10H,2,5-8H2,1,3-4H3,(H,14,18)(H,16,17). The molecule has 2 N–H and O–H groups in total. The van der Waals surface area contributed by atoms with Crippen LogP contribution in [0.15, 0.2) is 12.2 Å². The maximum absolute atomic E-state index is 12.1. The van der Waals surface area contributed by atoms with Crippen LogP contribution in [0, 0.1) is 5.41 Å². The van der Waals surface area contributed by atoms with Crippen LogP contribution in [-0.4, -0.2) is 54.4 Å². The first-order valence-electron chi connectivity index (χ1n) is 6.32. The highest BCUT2D eigenvalue weighted by Gasteiger charge is 2.47. The lowest BCUT2D eigenvalue weighted by atomic mass is 9.85. The molecule has 1 saturated heterocycles. The van der Waals surface area contributed by atoms with Crippen LogP contribution < -0.4 is 5.32 Å². The van der Waals surface area contributed by atoms with E-state index >= 15 is 0 Å². The van der Waals surface area contributed by atoms with E-state index < -0.39 is 17.4 Å². The number of urea groups is 1. The minimum atomic E-state index is -1.07. The predicted octanol–water partition coefficient (Wildman–Crippen LogP) is 1.08. The maximum Gasteiger partial charge on any atom is 0.318 e. The fourth-order valence-electron chi connectivity index (χ4n) is 1.98. The molecule has 1 aliphatic heterocycles. The van der Waals surface area contributed by atoms with Crippen LogP contribution >= 0.6 is 0 Å². The summed E-state index contributed by atoms with van der Waals surface area (Å²) >= 11 is 0. The van der Waals surface area contributed by atoms with Crippen LogP contribution in [0.4, 0.5) is 4.79 Å². The van der Waals surface area contributed by atoms with E-state index in [2.05, 4.69) is 11.9 Å². The molecule has 6 nitrogen and oxygen atoms in total. The van der Waals surface area contributed by atoms with Gasteiger partial charge in [-0.2, -0.15) is 0 Å². The number of carbonyl (C=O) groups is 2. The lowest BCUT2D eigenvalue weighted by molar-refractivity contribution is -0.148. The number of nitrogens with zero attached hydrogens (tertiary/aromatic N) is 1. The summed E-state index contributed by atoms with van der Waals surface area (Å²) in [6.45, 7) is 10.4. The molecule has 0 saturated carbocycles. The Morgan fingerprint density at radius 3 is 2.68 bits per heavy atom. The van der Waals surface area contributed by atoms with Gasteiger partial charge in [-0.1, -0.05) is 12.2 Å². The largest absolute Gasteiger partial charge is 0.481 e. The Balaban J connectivity index is 2.70. The summed E-state index contributed by atoms with van der Waals surface area (Å²) in [5, 5.41) is 12.0. The van der Waals surface area contributed by atoms with E-state index in [0.29, 0.717) is 13.1 Å². The highest BCUT2D eigenvalue weighted by atomic mass is 16.5. The van der Waals surface area contributed by atoms with Crippen molar-refractivity contribution in [3.8, 4) is 0 Å². The van der Waals surface area contributed by atoms with E-state index in [4.69, 9.17) is 4.74 Å². The average Bonchev–Trinajstić information content (AvgIpc) is 2.69. The summed E-state index contributed by atoms with van der Waals surface area (Å²) in [6.07, 6.45) is 0. The topological polar surface area (TPSA) is 78.9 Å². The zero-order chi connectivity index (χ0) is 14.6. The zero-order valence-electron chi connectivity index (χ0n) is 11.7. The van der Waals surface area contributed by atoms with E-state index in [-0.39, 0.29) is 19.2 Å². The fourth-order valence-corrected chi connectivity index (χ4v) is 1.98. The summed E-state index contributed by atoms with van der Waals surface area (Å²) in [4.78, 5) is 25.0. The molecule has 108 valence electrons. The van der Waals surface area contributed by atoms with Crippen LogP contribution in [0.25, 0.3) is 0 Å². The lowest BCUT2D eigenvalue weighted by Gasteiger charge is -2.29. The monoisotopic (exact) mass is 270 g/mol. The summed E-state index contributed by atoms with van der Waals surface area (Å²) in [5.74, 6) is -0.960. The maximum atomic E-state index is 12.1. The Morgan fingerprint density at radius 1 is 1.58 bits per heavy atom. The Kier molecular flexibility index (Phi) is 4.94. The molecule has 1 rings (SSSR count). The van der Waals surface area contributed by atoms with Gasteiger partial charge in [-0.05, 0) is 20.8 Å². The van der Waals surface area contributed by atoms with Gasteiger partial charge in [-0.3, -0.25) is 4.79 Å². The molecule has 0 aromatic heterocycles. The number of likely N-dealkylation sites (N-methyl/N-ethyl adjacent to an activating group) is 1. The molecule has 6 heteroatoms. The van der Waals surface area contributed by atoms with Crippen molar-refractivity contribution in [2.75, 3.05) is 26.3 Å². The molecule has 1 heterocycles. The van der Waals surface area contributed by atoms with E-state index in [0.717, 1.165) is 5.57 Å². The summed E-state index contributed by atoms with van der Waals surface area (Å²) < 4.78 is 5.20. The quantitative estimate of drug-likeness (QED) is 0.733. The van der Waals surface area contributed by atoms with Crippen LogP contribution in [0.1, 0.15) is 20.8 Å². The molecule has 0 bridgehead atoms. The molecule has 1 aliphatic rings. The third kappa shape index (κ3) is 3.47. The van der Waals surface area contributed by atoms with Crippen molar-refractivity contribution in [3.63, 3.8) is 0 Å². The minimum absolute atomic E-state index is 0.111. The van der Waals surface area contributed by atoms with Gasteiger partial charge in [-0.25, -0.2) is 4.79 Å². The normalized spacial score (nSPS) is 25.9. The molecule has 0 aromatic rings. The second-order valence-corrected chi connectivity index (χ2v) is 5.21. The summed E-state index contributed by atoms with van der Waals surface area (Å²) in [6, 6.07) is -0.801. The van der Waals surface area contributed by atoms with Gasteiger partial charge in [0, 0.05) is 13.1 Å². The van der Waals surface area contributed by atoms with Gasteiger partial charge in [0.05, 0.1) is 19.3 Å². The molecule has 2 unspecified atom stereocenters. The number of carbonyl (C=O) groups excluding carboxylic acids is 1. The van der Waals surface area contributed by atoms with E-state index in [9.17, 15) is 14.7 Å². The second kappa shape index (κ2) is 6.06. The lowest BCUT2D eigenvalue weighted by Crippen LogP contribution is -2.53. The first-order chi connectivity index (χ1) is 8.81. The van der Waals surface area contributed by atoms with Crippen LogP contribution in [0.2, 0.25) is 0 Å². The molecule has 2 atom stereocenters. The molecule has 19 heavy (non-hydrogen) atoms. The number of ether oxygens (including phenoxy) is 1. The van der Waals surface area contributed by atoms with Crippen molar-refractivity contribution >= 4 is 12.0 Å². The third-order valence-corrected chi connectivity index (χ3v) is 3.37. The van der Waals surface area contributed by atoms with Gasteiger partial charge in [0.2, 0.25) is 0 Å². The van der Waals surface area contributed by atoms with Crippen molar-refractivity contribution in [1.82, 2.24) is 10.2 Å². The Labute approximate surface area is 113 Å². The number of hydrogen-bond donors (Lipinski definition) is 2. The highest BCUT2D eigenvalue weighted by Crippen LogP contribution is 2.28. The van der Waals surface area contributed by atoms with Gasteiger partial charge in [-0.15, -0.1) is 0 Å². The number of rotatable bonds is 5. The second-order valence-electron chi connectivity index (χ2n) is 5.21. The van der Waals surface area contributed by atoms with Gasteiger partial charge in [0.15, 0.2) is 0 Å². The van der Waals surface area contributed by atoms with Crippen molar-refractivity contribution in [2.45, 2.75) is 26.8 Å². The number of amides is 2. The smallest absolute Gasteiger partial charge is 0.318 e. The third-order valence-electron chi connectivity index (χ3n) is 3.37. The molecule has 0 radical (unpaired) electrons. The molecule has 1 fully saturated rings. The van der Waals surface area contributed by atoms with E-state index in [1.165, 1.54) is 0 Å². The molecule has 0 aromatic carbocycles. The first-order valence-corrected chi connectivity index (χ1v) is 6.32. The molecule has 2 amide bonds. The summed E-state index contributed by atoms with van der Waals surface area (Å²) in [7, 11) is 0. The van der Waals surface area contributed by atoms with Gasteiger partial charge in [0.1, 0.15) is 5.41 Å². The summed E-state index contributed by atoms with van der Waals surface area (Å²) in [5.41, 5.74) is -0.196. The fraction of sp³-hybridized carbons (Fsp3) is 0.692. The van der Waals surface area contributed by atoms with Crippen LogP contribution in [0.5, 0.6) is 0 Å². The molecular formula is C13H22N2O4. The van der Waals surface area contributed by atoms with Crippen molar-refractivity contribution in [1.29, 1.82) is 0 Å². The van der Waals surface area contributed by atoms with E-state index in [1.54, 1.807) is 11.8 Å². The van der Waals surface area contributed by atoms with Crippen LogP contribution in [-0.2, 0) is 9.53 Å². The van der Waals surface area contributed by atoms with Crippen LogP contribution in [0.3, 0.4) is 0 Å². The number of nitrogens with one attached hydrogen (secondary N) is 1. The van der Waals surface area contributed by atoms with Gasteiger partial charge >= 0.3 is 12.0 Å². The first kappa shape index (κ1) is 15.5. The molecular weight excluding hydrogens is 248 g/mol. The van der Waals surface area contributed by atoms with Crippen molar-refractivity contribution < 1.29 is 19.4 Å². The SMILES string of the molecule is C=C(C)CN(CC)C(=O)NC1COCC1(C)C(=O)O. The number of carboxylic acid groups (broad SMARTS) is 1. The number of hydrogen-bond acceptors (Lipinski definition) is 3. The predicted molar refractivity (Wildman–Crippen MR) is 70.9 cm³/mol. The number of aliphatic carboxylic acids is 1. The highest BCUT2D eigenvalue weighted by molar-refractivity contribution is 5.79. The van der Waals surface area contributed by atoms with E-state index in [1.807, 2.05) is 13.8 Å². The van der Waals surface area contributed by atoms with Gasteiger partial charge in [0.25, 0.3) is 0 Å². The Morgan fingerprint density at radius 2 is 2.21 bits per heavy atom. The number of carboxylic acids is 1. The minimum Gasteiger partial charge on any atom is -0.481 e. The Bertz CT molecular complexity index is 383. The van der Waals surface area contributed by atoms with Crippen molar-refractivity contribution in [3.05, 3.63) is 12.2 Å². The molecule has 0 spiro atoms. The van der Waals surface area contributed by atoms with Crippen molar-refractivity contribution in [2.24, 2.45) is 5.41 Å². The Hall–Kier alpha value is -1.56. The average molecular weight is 270 g/mol. The zero-order valence-corrected chi connectivity index (χ0v) is 11.7. The van der Waals surface area contributed by atoms with Gasteiger partial charge < -0.3 is 20.1 Å².